The summed E-state index contributed by atoms with van der Waals surface area (Å²) in [7, 11) is 1.70. The van der Waals surface area contributed by atoms with E-state index in [1.807, 2.05) is 12.1 Å². The Bertz CT molecular complexity index is 527. The molecule has 1 aromatic carbocycles. The molecule has 0 aliphatic rings. The lowest BCUT2D eigenvalue weighted by Gasteiger charge is -2.10. The lowest BCUT2D eigenvalue weighted by Crippen LogP contribution is -2.12. The minimum Gasteiger partial charge on any atom is -0.496 e. The first-order valence-electron chi connectivity index (χ1n) is 5.45. The topological polar surface area (TPSA) is 21.3 Å². The molecule has 0 bridgehead atoms. The summed E-state index contributed by atoms with van der Waals surface area (Å²) in [5.74, 6) is 0.913. The molecule has 2 nitrogen and oxygen atoms in total. The van der Waals surface area contributed by atoms with Crippen LogP contribution in [0.3, 0.4) is 0 Å². The van der Waals surface area contributed by atoms with E-state index in [1.165, 1.54) is 9.35 Å². The van der Waals surface area contributed by atoms with Gasteiger partial charge in [-0.15, -0.1) is 11.3 Å². The van der Waals surface area contributed by atoms with Crippen molar-refractivity contribution in [3.63, 3.8) is 0 Å². The second-order valence-electron chi connectivity index (χ2n) is 3.75. The lowest BCUT2D eigenvalue weighted by molar-refractivity contribution is 0.407. The van der Waals surface area contributed by atoms with Crippen LogP contribution in [0.2, 0.25) is 0 Å². The number of hydrogen-bond acceptors (Lipinski definition) is 3. The Balaban J connectivity index is 1.98. The standard InChI is InChI=1S/C13H13Br2NOS/c1-17-12-3-2-10(14)6-9(12)7-16-8-13-11(15)4-5-18-13/h2-6,16H,7-8H2,1H3. The third-order valence-corrected chi connectivity index (χ3v) is 4.95. The molecule has 0 spiro atoms. The van der Waals surface area contributed by atoms with Crippen LogP contribution in [0, 0.1) is 0 Å². The summed E-state index contributed by atoms with van der Waals surface area (Å²) >= 11 is 8.76. The molecule has 0 aliphatic heterocycles. The predicted molar refractivity (Wildman–Crippen MR) is 83.3 cm³/mol. The molecular weight excluding hydrogens is 378 g/mol. The van der Waals surface area contributed by atoms with Crippen LogP contribution in [0.15, 0.2) is 38.6 Å². The number of thiophene rings is 1. The molecule has 0 saturated heterocycles. The van der Waals surface area contributed by atoms with Gasteiger partial charge in [-0.1, -0.05) is 15.9 Å². The van der Waals surface area contributed by atoms with Gasteiger partial charge in [0.1, 0.15) is 5.75 Å². The predicted octanol–water partition coefficient (Wildman–Crippen LogP) is 4.57. The fourth-order valence-electron chi connectivity index (χ4n) is 1.65. The van der Waals surface area contributed by atoms with E-state index in [0.29, 0.717) is 0 Å². The summed E-state index contributed by atoms with van der Waals surface area (Å²) in [5.41, 5.74) is 1.15. The van der Waals surface area contributed by atoms with Gasteiger partial charge in [-0.2, -0.15) is 0 Å². The van der Waals surface area contributed by atoms with E-state index in [0.717, 1.165) is 28.9 Å². The Morgan fingerprint density at radius 3 is 2.72 bits per heavy atom. The first-order chi connectivity index (χ1) is 8.70. The fraction of sp³-hybridized carbons (Fsp3) is 0.231. The third-order valence-electron chi connectivity index (χ3n) is 2.53. The largest absolute Gasteiger partial charge is 0.496 e. The Morgan fingerprint density at radius 1 is 1.22 bits per heavy atom. The second-order valence-corrected chi connectivity index (χ2v) is 6.52. The zero-order valence-corrected chi connectivity index (χ0v) is 13.9. The number of hydrogen-bond donors (Lipinski definition) is 1. The molecule has 5 heteroatoms. The average molecular weight is 391 g/mol. The first kappa shape index (κ1) is 14.1. The van der Waals surface area contributed by atoms with E-state index in [1.54, 1.807) is 18.4 Å². The van der Waals surface area contributed by atoms with Gasteiger partial charge in [-0.05, 0) is 45.6 Å². The minimum atomic E-state index is 0.785. The molecule has 1 aromatic heterocycles. The Hall–Kier alpha value is -0.360. The highest BCUT2D eigenvalue weighted by Gasteiger charge is 2.05. The molecular formula is C13H13Br2NOS. The maximum absolute atomic E-state index is 5.34. The van der Waals surface area contributed by atoms with Crippen molar-refractivity contribution in [3.05, 3.63) is 49.0 Å². The zero-order chi connectivity index (χ0) is 13.0. The second kappa shape index (κ2) is 6.70. The van der Waals surface area contributed by atoms with Crippen molar-refractivity contribution < 1.29 is 4.74 Å². The molecule has 0 unspecified atom stereocenters. The van der Waals surface area contributed by atoms with Gasteiger partial charge in [-0.25, -0.2) is 0 Å². The molecule has 0 saturated carbocycles. The van der Waals surface area contributed by atoms with Crippen LogP contribution in [0.25, 0.3) is 0 Å². The molecule has 0 amide bonds. The summed E-state index contributed by atoms with van der Waals surface area (Å²) < 4.78 is 7.58. The Kier molecular flexibility index (Phi) is 5.24. The van der Waals surface area contributed by atoms with E-state index in [-0.39, 0.29) is 0 Å². The van der Waals surface area contributed by atoms with Crippen molar-refractivity contribution in [1.29, 1.82) is 0 Å². The van der Waals surface area contributed by atoms with Crippen molar-refractivity contribution in [3.8, 4) is 5.75 Å². The highest BCUT2D eigenvalue weighted by Crippen LogP contribution is 2.24. The normalized spacial score (nSPS) is 10.6. The van der Waals surface area contributed by atoms with Gasteiger partial charge < -0.3 is 10.1 Å². The molecule has 18 heavy (non-hydrogen) atoms. The van der Waals surface area contributed by atoms with E-state index in [4.69, 9.17) is 4.74 Å². The van der Waals surface area contributed by atoms with Crippen molar-refractivity contribution in [2.75, 3.05) is 7.11 Å². The van der Waals surface area contributed by atoms with E-state index < -0.39 is 0 Å². The highest BCUT2D eigenvalue weighted by molar-refractivity contribution is 9.10. The fourth-order valence-corrected chi connectivity index (χ4v) is 3.52. The summed E-state index contributed by atoms with van der Waals surface area (Å²) in [4.78, 5) is 1.31. The molecule has 0 fully saturated rings. The highest BCUT2D eigenvalue weighted by atomic mass is 79.9. The van der Waals surface area contributed by atoms with Gasteiger partial charge in [-0.3, -0.25) is 0 Å². The van der Waals surface area contributed by atoms with Gasteiger partial charge in [0, 0.05) is 32.5 Å². The van der Waals surface area contributed by atoms with Gasteiger partial charge in [0.25, 0.3) is 0 Å². The van der Waals surface area contributed by atoms with Gasteiger partial charge in [0.05, 0.1) is 7.11 Å². The van der Waals surface area contributed by atoms with Crippen LogP contribution in [0.1, 0.15) is 10.4 Å². The number of halogens is 2. The summed E-state index contributed by atoms with van der Waals surface area (Å²) in [6, 6.07) is 8.11. The van der Waals surface area contributed by atoms with E-state index >= 15 is 0 Å². The molecule has 0 atom stereocenters. The molecule has 2 rings (SSSR count). The van der Waals surface area contributed by atoms with Crippen molar-refractivity contribution in [2.24, 2.45) is 0 Å². The summed E-state index contributed by atoms with van der Waals surface area (Å²) in [6.07, 6.45) is 0. The first-order valence-corrected chi connectivity index (χ1v) is 7.92. The Labute approximate surface area is 128 Å². The zero-order valence-electron chi connectivity index (χ0n) is 9.87. The maximum atomic E-state index is 5.34. The number of ether oxygens (including phenoxy) is 1. The van der Waals surface area contributed by atoms with Crippen molar-refractivity contribution in [2.45, 2.75) is 13.1 Å². The monoisotopic (exact) mass is 389 g/mol. The lowest BCUT2D eigenvalue weighted by atomic mass is 10.2. The summed E-state index contributed by atoms with van der Waals surface area (Å²) in [5, 5.41) is 5.51. The number of rotatable bonds is 5. The van der Waals surface area contributed by atoms with Crippen LogP contribution < -0.4 is 10.1 Å². The molecule has 96 valence electrons. The molecule has 0 aliphatic carbocycles. The maximum Gasteiger partial charge on any atom is 0.123 e. The SMILES string of the molecule is COc1ccc(Br)cc1CNCc1sccc1Br. The summed E-state index contributed by atoms with van der Waals surface area (Å²) in [6.45, 7) is 1.64. The average Bonchev–Trinajstić information content (AvgIpc) is 2.76. The molecule has 1 heterocycles. The third kappa shape index (κ3) is 3.57. The molecule has 2 aromatic rings. The number of benzene rings is 1. The van der Waals surface area contributed by atoms with Crippen LogP contribution in [0.5, 0.6) is 5.75 Å². The Morgan fingerprint density at radius 2 is 2.06 bits per heavy atom. The van der Waals surface area contributed by atoms with E-state index in [9.17, 15) is 0 Å². The molecule has 0 radical (unpaired) electrons. The van der Waals surface area contributed by atoms with Crippen molar-refractivity contribution >= 4 is 43.2 Å². The van der Waals surface area contributed by atoms with E-state index in [2.05, 4.69) is 54.7 Å². The van der Waals surface area contributed by atoms with Crippen LogP contribution in [0.4, 0.5) is 0 Å². The number of methoxy groups -OCH3 is 1. The van der Waals surface area contributed by atoms with Crippen LogP contribution in [-0.2, 0) is 13.1 Å². The van der Waals surface area contributed by atoms with Gasteiger partial charge in [0.15, 0.2) is 0 Å². The minimum absolute atomic E-state index is 0.785. The van der Waals surface area contributed by atoms with Gasteiger partial charge >= 0.3 is 0 Å². The van der Waals surface area contributed by atoms with Crippen molar-refractivity contribution in [1.82, 2.24) is 5.32 Å². The van der Waals surface area contributed by atoms with Crippen LogP contribution in [-0.4, -0.2) is 7.11 Å². The molecule has 1 N–H and O–H groups in total. The quantitative estimate of drug-likeness (QED) is 0.807. The number of nitrogens with one attached hydrogen (secondary N) is 1. The van der Waals surface area contributed by atoms with Crippen LogP contribution >= 0.6 is 43.2 Å². The van der Waals surface area contributed by atoms with Gasteiger partial charge in [0.2, 0.25) is 0 Å². The smallest absolute Gasteiger partial charge is 0.123 e.